The highest BCUT2D eigenvalue weighted by atomic mass is 35.5. The van der Waals surface area contributed by atoms with Gasteiger partial charge in [0, 0.05) is 19.6 Å². The predicted molar refractivity (Wildman–Crippen MR) is 97.7 cm³/mol. The maximum atomic E-state index is 12.4. The first-order chi connectivity index (χ1) is 11.3. The van der Waals surface area contributed by atoms with Crippen LogP contribution in [0.5, 0.6) is 0 Å². The van der Waals surface area contributed by atoms with Crippen molar-refractivity contribution in [3.63, 3.8) is 0 Å². The summed E-state index contributed by atoms with van der Waals surface area (Å²) in [6, 6.07) is 6.33. The molecule has 1 aromatic rings. The number of hydrogen-bond acceptors (Lipinski definition) is 5. The minimum atomic E-state index is -3.48. The topological polar surface area (TPSA) is 122 Å². The molecule has 0 fully saturated rings. The van der Waals surface area contributed by atoms with Crippen LogP contribution < -0.4 is 16.4 Å². The van der Waals surface area contributed by atoms with Gasteiger partial charge in [-0.1, -0.05) is 26.0 Å². The van der Waals surface area contributed by atoms with Crippen molar-refractivity contribution in [1.82, 2.24) is 14.9 Å². The highest BCUT2D eigenvalue weighted by Crippen LogP contribution is 2.16. The highest BCUT2D eigenvalue weighted by Gasteiger charge is 2.21. The van der Waals surface area contributed by atoms with E-state index in [1.54, 1.807) is 26.0 Å². The molecule has 1 aromatic carbocycles. The Morgan fingerprint density at radius 1 is 1.04 bits per heavy atom. The van der Waals surface area contributed by atoms with Gasteiger partial charge in [-0.15, -0.1) is 12.4 Å². The fourth-order valence-corrected chi connectivity index (χ4v) is 3.46. The fourth-order valence-electron chi connectivity index (χ4n) is 2.01. The second-order valence-corrected chi connectivity index (χ2v) is 6.93. The largest absolute Gasteiger partial charge is 0.350 e. The molecule has 0 atom stereocenters. The smallest absolute Gasteiger partial charge is 0.243 e. The Kier molecular flexibility index (Phi) is 10.3. The normalized spacial score (nSPS) is 10.9. The van der Waals surface area contributed by atoms with Gasteiger partial charge in [-0.05, 0) is 17.7 Å². The van der Waals surface area contributed by atoms with Crippen LogP contribution in [0, 0.1) is 0 Å². The number of halogens is 1. The molecule has 0 spiro atoms. The van der Waals surface area contributed by atoms with Gasteiger partial charge in [0.25, 0.3) is 0 Å². The maximum absolute atomic E-state index is 12.4. The summed E-state index contributed by atoms with van der Waals surface area (Å²) in [7, 11) is -3.48. The van der Waals surface area contributed by atoms with Gasteiger partial charge < -0.3 is 16.4 Å². The fraction of sp³-hybridized carbons (Fsp3) is 0.467. The van der Waals surface area contributed by atoms with Gasteiger partial charge >= 0.3 is 0 Å². The van der Waals surface area contributed by atoms with Crippen LogP contribution in [0.25, 0.3) is 0 Å². The van der Waals surface area contributed by atoms with Gasteiger partial charge in [-0.2, -0.15) is 4.31 Å². The van der Waals surface area contributed by atoms with E-state index < -0.39 is 15.9 Å². The molecule has 0 aliphatic carbocycles. The van der Waals surface area contributed by atoms with Gasteiger partial charge in [0.05, 0.1) is 18.0 Å². The number of rotatable bonds is 9. The zero-order valence-electron chi connectivity index (χ0n) is 14.3. The molecule has 0 radical (unpaired) electrons. The van der Waals surface area contributed by atoms with E-state index in [4.69, 9.17) is 5.73 Å². The van der Waals surface area contributed by atoms with Gasteiger partial charge in [-0.25, -0.2) is 8.42 Å². The van der Waals surface area contributed by atoms with Crippen molar-refractivity contribution in [1.29, 1.82) is 0 Å². The molecular formula is C15H25ClN4O4S. The summed E-state index contributed by atoms with van der Waals surface area (Å²) >= 11 is 0. The Balaban J connectivity index is 0.00000576. The van der Waals surface area contributed by atoms with Gasteiger partial charge in [0.15, 0.2) is 0 Å². The number of benzene rings is 1. The van der Waals surface area contributed by atoms with Crippen LogP contribution in [0.4, 0.5) is 0 Å². The molecule has 2 amide bonds. The van der Waals surface area contributed by atoms with E-state index >= 15 is 0 Å². The van der Waals surface area contributed by atoms with Crippen LogP contribution in [0.15, 0.2) is 29.2 Å². The van der Waals surface area contributed by atoms with Gasteiger partial charge in [0.1, 0.15) is 0 Å². The Morgan fingerprint density at radius 3 is 2.08 bits per heavy atom. The summed E-state index contributed by atoms with van der Waals surface area (Å²) in [4.78, 5) is 22.7. The maximum Gasteiger partial charge on any atom is 0.243 e. The highest BCUT2D eigenvalue weighted by molar-refractivity contribution is 7.89. The number of nitrogens with one attached hydrogen (secondary N) is 2. The third-order valence-electron chi connectivity index (χ3n) is 3.39. The van der Waals surface area contributed by atoms with E-state index in [1.807, 2.05) is 0 Å². The summed E-state index contributed by atoms with van der Waals surface area (Å²) in [5, 5.41) is 4.99. The van der Waals surface area contributed by atoms with Crippen LogP contribution in [0.2, 0.25) is 0 Å². The molecule has 0 unspecified atom stereocenters. The zero-order chi connectivity index (χ0) is 18.2. The molecule has 4 N–H and O–H groups in total. The van der Waals surface area contributed by atoms with Gasteiger partial charge in [0.2, 0.25) is 21.8 Å². The number of hydrogen-bond donors (Lipinski definition) is 3. The Bertz CT molecular complexity index is 661. The zero-order valence-corrected chi connectivity index (χ0v) is 16.0. The third kappa shape index (κ3) is 6.99. The van der Waals surface area contributed by atoms with Crippen molar-refractivity contribution in [2.75, 3.05) is 26.2 Å². The van der Waals surface area contributed by atoms with Crippen molar-refractivity contribution in [3.05, 3.63) is 29.8 Å². The molecule has 10 heteroatoms. The lowest BCUT2D eigenvalue weighted by Crippen LogP contribution is -2.39. The van der Waals surface area contributed by atoms with Crippen molar-refractivity contribution in [2.45, 2.75) is 25.3 Å². The van der Waals surface area contributed by atoms with Crippen molar-refractivity contribution in [2.24, 2.45) is 5.73 Å². The molecule has 0 saturated heterocycles. The van der Waals surface area contributed by atoms with Crippen LogP contribution >= 0.6 is 12.4 Å². The molecule has 0 saturated carbocycles. The Hall–Kier alpha value is -1.68. The van der Waals surface area contributed by atoms with Crippen LogP contribution in [-0.4, -0.2) is 50.7 Å². The molecule has 142 valence electrons. The minimum Gasteiger partial charge on any atom is -0.350 e. The molecule has 0 aliphatic rings. The van der Waals surface area contributed by atoms with E-state index in [9.17, 15) is 18.0 Å². The van der Waals surface area contributed by atoms with Gasteiger partial charge in [-0.3, -0.25) is 9.59 Å². The second kappa shape index (κ2) is 11.0. The van der Waals surface area contributed by atoms with Crippen molar-refractivity contribution < 1.29 is 18.0 Å². The minimum absolute atomic E-state index is 0. The summed E-state index contributed by atoms with van der Waals surface area (Å²) in [6.45, 7) is 4.31. The summed E-state index contributed by atoms with van der Waals surface area (Å²) in [6.07, 6.45) is 0. The predicted octanol–water partition coefficient (Wildman–Crippen LogP) is -0.170. The number of nitrogens with zero attached hydrogens (tertiary/aromatic N) is 1. The van der Waals surface area contributed by atoms with E-state index in [-0.39, 0.29) is 42.8 Å². The van der Waals surface area contributed by atoms with E-state index in [2.05, 4.69) is 10.6 Å². The average molecular weight is 393 g/mol. The summed E-state index contributed by atoms with van der Waals surface area (Å²) in [5.74, 6) is -0.757. The number of nitrogens with two attached hydrogens (primary N) is 1. The van der Waals surface area contributed by atoms with Crippen LogP contribution in [0.3, 0.4) is 0 Å². The molecule has 0 heterocycles. The lowest BCUT2D eigenvalue weighted by molar-refractivity contribution is -0.125. The summed E-state index contributed by atoms with van der Waals surface area (Å²) < 4.78 is 26.1. The third-order valence-corrected chi connectivity index (χ3v) is 5.45. The lowest BCUT2D eigenvalue weighted by atomic mass is 10.2. The average Bonchev–Trinajstić information content (AvgIpc) is 2.58. The molecule has 0 bridgehead atoms. The first kappa shape index (κ1) is 23.3. The van der Waals surface area contributed by atoms with Crippen molar-refractivity contribution >= 4 is 34.2 Å². The molecular weight excluding hydrogens is 368 g/mol. The molecule has 25 heavy (non-hydrogen) atoms. The summed E-state index contributed by atoms with van der Waals surface area (Å²) in [5.41, 5.74) is 5.87. The Morgan fingerprint density at radius 2 is 1.60 bits per heavy atom. The molecule has 8 nitrogen and oxygen atoms in total. The SMILES string of the molecule is CCN(CC)S(=O)(=O)c1ccc(CNC(=O)CNC(=O)CN)cc1.Cl. The van der Waals surface area contributed by atoms with E-state index in [0.29, 0.717) is 13.1 Å². The van der Waals surface area contributed by atoms with E-state index in [1.165, 1.54) is 16.4 Å². The van der Waals surface area contributed by atoms with Crippen LogP contribution in [-0.2, 0) is 26.2 Å². The number of carbonyl (C=O) groups is 2. The standard InChI is InChI=1S/C15H24N4O4S.ClH/c1-3-19(4-2)24(22,23)13-7-5-12(6-8-13)10-17-15(21)11-18-14(20)9-16;/h5-8H,3-4,9-11,16H2,1-2H3,(H,17,21)(H,18,20);1H. The number of carbonyl (C=O) groups excluding carboxylic acids is 2. The van der Waals surface area contributed by atoms with Crippen LogP contribution in [0.1, 0.15) is 19.4 Å². The first-order valence-corrected chi connectivity index (χ1v) is 9.11. The van der Waals surface area contributed by atoms with E-state index in [0.717, 1.165) is 5.56 Å². The molecule has 0 aromatic heterocycles. The number of amides is 2. The first-order valence-electron chi connectivity index (χ1n) is 7.67. The lowest BCUT2D eigenvalue weighted by Gasteiger charge is -2.18. The monoisotopic (exact) mass is 392 g/mol. The molecule has 0 aliphatic heterocycles. The quantitative estimate of drug-likeness (QED) is 0.538. The second-order valence-electron chi connectivity index (χ2n) is 4.99. The molecule has 1 rings (SSSR count). The van der Waals surface area contributed by atoms with Crippen molar-refractivity contribution in [3.8, 4) is 0 Å². The Labute approximate surface area is 154 Å². The number of sulfonamides is 1.